The largest absolute Gasteiger partial charge is 0.388 e. The number of ether oxygens (including phenoxy) is 1. The molecule has 0 aliphatic heterocycles. The summed E-state index contributed by atoms with van der Waals surface area (Å²) in [4.78, 5) is 4.63. The Morgan fingerprint density at radius 1 is 1.04 bits per heavy atom. The summed E-state index contributed by atoms with van der Waals surface area (Å²) in [6, 6.07) is 18.0. The Labute approximate surface area is 168 Å². The molecule has 2 aromatic carbocycles. The van der Waals surface area contributed by atoms with Crippen LogP contribution in [0.3, 0.4) is 0 Å². The van der Waals surface area contributed by atoms with Gasteiger partial charge in [0.2, 0.25) is 0 Å². The Morgan fingerprint density at radius 3 is 2.46 bits per heavy atom. The lowest BCUT2D eigenvalue weighted by Gasteiger charge is -2.14. The van der Waals surface area contributed by atoms with E-state index in [9.17, 15) is 5.11 Å². The SMILES string of the molecule is CCNC(=NCc1ccc(NCCOC)cc1)NCCC(O)c1ccccc1. The number of methoxy groups -OCH3 is 1. The van der Waals surface area contributed by atoms with Gasteiger partial charge < -0.3 is 25.8 Å². The maximum atomic E-state index is 10.3. The van der Waals surface area contributed by atoms with E-state index in [-0.39, 0.29) is 0 Å². The molecule has 6 nitrogen and oxygen atoms in total. The van der Waals surface area contributed by atoms with Gasteiger partial charge in [-0.1, -0.05) is 42.5 Å². The average molecular weight is 385 g/mol. The zero-order chi connectivity index (χ0) is 20.0. The summed E-state index contributed by atoms with van der Waals surface area (Å²) < 4.78 is 5.04. The zero-order valence-electron chi connectivity index (χ0n) is 16.8. The lowest BCUT2D eigenvalue weighted by atomic mass is 10.1. The van der Waals surface area contributed by atoms with Crippen LogP contribution in [0.2, 0.25) is 0 Å². The van der Waals surface area contributed by atoms with Gasteiger partial charge in [-0.2, -0.15) is 0 Å². The van der Waals surface area contributed by atoms with Crippen LogP contribution in [0.15, 0.2) is 59.6 Å². The predicted molar refractivity (Wildman–Crippen MR) is 116 cm³/mol. The third kappa shape index (κ3) is 7.98. The standard InChI is InChI=1S/C22H32N4O2/c1-3-23-22(25-14-13-21(27)19-7-5-4-6-8-19)26-17-18-9-11-20(12-10-18)24-15-16-28-2/h4-12,21,24,27H,3,13-17H2,1-2H3,(H2,23,25,26). The summed E-state index contributed by atoms with van der Waals surface area (Å²) in [5.41, 5.74) is 3.15. The molecular weight excluding hydrogens is 352 g/mol. The number of anilines is 1. The molecule has 0 fully saturated rings. The van der Waals surface area contributed by atoms with Gasteiger partial charge in [-0.05, 0) is 36.6 Å². The van der Waals surface area contributed by atoms with Gasteiger partial charge in [0.1, 0.15) is 0 Å². The van der Waals surface area contributed by atoms with Crippen molar-refractivity contribution in [2.24, 2.45) is 4.99 Å². The maximum absolute atomic E-state index is 10.3. The lowest BCUT2D eigenvalue weighted by molar-refractivity contribution is 0.168. The molecular formula is C22H32N4O2. The van der Waals surface area contributed by atoms with E-state index >= 15 is 0 Å². The van der Waals surface area contributed by atoms with E-state index in [4.69, 9.17) is 4.74 Å². The molecule has 152 valence electrons. The monoisotopic (exact) mass is 384 g/mol. The fraction of sp³-hybridized carbons (Fsp3) is 0.409. The van der Waals surface area contributed by atoms with Crippen molar-refractivity contribution in [3.05, 3.63) is 65.7 Å². The molecule has 1 unspecified atom stereocenters. The molecule has 0 bridgehead atoms. The first-order valence-corrected chi connectivity index (χ1v) is 9.80. The Hall–Kier alpha value is -2.57. The van der Waals surface area contributed by atoms with Crippen LogP contribution in [0.5, 0.6) is 0 Å². The number of guanidine groups is 1. The molecule has 4 N–H and O–H groups in total. The van der Waals surface area contributed by atoms with E-state index in [1.165, 1.54) is 0 Å². The zero-order valence-corrected chi connectivity index (χ0v) is 16.8. The van der Waals surface area contributed by atoms with E-state index in [1.54, 1.807) is 7.11 Å². The second-order valence-corrected chi connectivity index (χ2v) is 6.45. The minimum absolute atomic E-state index is 0.477. The first kappa shape index (κ1) is 21.7. The molecule has 1 atom stereocenters. The van der Waals surface area contributed by atoms with Crippen LogP contribution in [0.25, 0.3) is 0 Å². The molecule has 0 aliphatic carbocycles. The molecule has 2 rings (SSSR count). The molecule has 0 aliphatic rings. The van der Waals surface area contributed by atoms with Crippen molar-refractivity contribution in [3.8, 4) is 0 Å². The Morgan fingerprint density at radius 2 is 1.79 bits per heavy atom. The molecule has 6 heteroatoms. The molecule has 0 saturated carbocycles. The van der Waals surface area contributed by atoms with Crippen molar-refractivity contribution >= 4 is 11.6 Å². The lowest BCUT2D eigenvalue weighted by Crippen LogP contribution is -2.38. The highest BCUT2D eigenvalue weighted by atomic mass is 16.5. The maximum Gasteiger partial charge on any atom is 0.191 e. The van der Waals surface area contributed by atoms with E-state index in [1.807, 2.05) is 37.3 Å². The number of hydrogen-bond acceptors (Lipinski definition) is 4. The summed E-state index contributed by atoms with van der Waals surface area (Å²) in [7, 11) is 1.70. The smallest absolute Gasteiger partial charge is 0.191 e. The minimum Gasteiger partial charge on any atom is -0.388 e. The fourth-order valence-electron chi connectivity index (χ4n) is 2.71. The minimum atomic E-state index is -0.477. The number of rotatable bonds is 11. The molecule has 0 spiro atoms. The predicted octanol–water partition coefficient (Wildman–Crippen LogP) is 2.92. The molecule has 0 heterocycles. The van der Waals surface area contributed by atoms with Crippen LogP contribution >= 0.6 is 0 Å². The van der Waals surface area contributed by atoms with Crippen LogP contribution in [0.1, 0.15) is 30.6 Å². The number of aliphatic hydroxyl groups is 1. The average Bonchev–Trinajstić information content (AvgIpc) is 2.73. The molecule has 0 radical (unpaired) electrons. The van der Waals surface area contributed by atoms with Crippen molar-refractivity contribution in [1.29, 1.82) is 0 Å². The summed E-state index contributed by atoms with van der Waals surface area (Å²) in [6.07, 6.45) is 0.144. The first-order valence-electron chi connectivity index (χ1n) is 9.80. The molecule has 28 heavy (non-hydrogen) atoms. The second-order valence-electron chi connectivity index (χ2n) is 6.45. The van der Waals surface area contributed by atoms with Gasteiger partial charge in [0, 0.05) is 32.4 Å². The Bertz CT molecular complexity index is 689. The Kier molecular flexibility index (Phi) is 9.89. The Balaban J connectivity index is 1.81. The number of nitrogens with zero attached hydrogens (tertiary/aromatic N) is 1. The normalized spacial score (nSPS) is 12.5. The molecule has 2 aromatic rings. The fourth-order valence-corrected chi connectivity index (χ4v) is 2.71. The highest BCUT2D eigenvalue weighted by molar-refractivity contribution is 5.79. The first-order chi connectivity index (χ1) is 13.7. The van der Waals surface area contributed by atoms with E-state index in [0.717, 1.165) is 35.9 Å². The van der Waals surface area contributed by atoms with Crippen molar-refractivity contribution in [2.45, 2.75) is 26.0 Å². The van der Waals surface area contributed by atoms with Crippen LogP contribution in [-0.2, 0) is 11.3 Å². The molecule has 0 aromatic heterocycles. The van der Waals surface area contributed by atoms with Crippen molar-refractivity contribution in [2.75, 3.05) is 38.7 Å². The van der Waals surface area contributed by atoms with Crippen LogP contribution < -0.4 is 16.0 Å². The van der Waals surface area contributed by atoms with E-state index in [0.29, 0.717) is 26.1 Å². The topological polar surface area (TPSA) is 77.9 Å². The second kappa shape index (κ2) is 12.8. The van der Waals surface area contributed by atoms with Gasteiger partial charge in [-0.3, -0.25) is 0 Å². The highest BCUT2D eigenvalue weighted by Gasteiger charge is 2.07. The van der Waals surface area contributed by atoms with Crippen molar-refractivity contribution in [3.63, 3.8) is 0 Å². The number of aliphatic hydroxyl groups excluding tert-OH is 1. The van der Waals surface area contributed by atoms with Crippen LogP contribution in [0.4, 0.5) is 5.69 Å². The summed E-state index contributed by atoms with van der Waals surface area (Å²) in [5.74, 6) is 0.755. The van der Waals surface area contributed by atoms with Crippen LogP contribution in [0, 0.1) is 0 Å². The summed E-state index contributed by atoms with van der Waals surface area (Å²) in [6.45, 7) is 5.53. The number of aliphatic imine (C=N–C) groups is 1. The molecule has 0 saturated heterocycles. The summed E-state index contributed by atoms with van der Waals surface area (Å²) >= 11 is 0. The van der Waals surface area contributed by atoms with Gasteiger partial charge in [0.25, 0.3) is 0 Å². The van der Waals surface area contributed by atoms with E-state index < -0.39 is 6.10 Å². The quantitative estimate of drug-likeness (QED) is 0.272. The van der Waals surface area contributed by atoms with Gasteiger partial charge in [-0.15, -0.1) is 0 Å². The van der Waals surface area contributed by atoms with Crippen molar-refractivity contribution < 1.29 is 9.84 Å². The molecule has 0 amide bonds. The van der Waals surface area contributed by atoms with Gasteiger partial charge in [0.15, 0.2) is 5.96 Å². The number of benzene rings is 2. The number of nitrogens with one attached hydrogen (secondary N) is 3. The highest BCUT2D eigenvalue weighted by Crippen LogP contribution is 2.15. The van der Waals surface area contributed by atoms with Crippen LogP contribution in [-0.4, -0.2) is 44.4 Å². The van der Waals surface area contributed by atoms with Gasteiger partial charge in [0.05, 0.1) is 19.3 Å². The van der Waals surface area contributed by atoms with Gasteiger partial charge >= 0.3 is 0 Å². The van der Waals surface area contributed by atoms with Crippen molar-refractivity contribution in [1.82, 2.24) is 10.6 Å². The van der Waals surface area contributed by atoms with E-state index in [2.05, 4.69) is 45.2 Å². The third-order valence-electron chi connectivity index (χ3n) is 4.25. The van der Waals surface area contributed by atoms with Gasteiger partial charge in [-0.25, -0.2) is 4.99 Å². The summed E-state index contributed by atoms with van der Waals surface area (Å²) in [5, 5.41) is 20.1. The number of hydrogen-bond donors (Lipinski definition) is 4. The third-order valence-corrected chi connectivity index (χ3v) is 4.25.